The Morgan fingerprint density at radius 2 is 1.85 bits per heavy atom. The van der Waals surface area contributed by atoms with Gasteiger partial charge in [-0.3, -0.25) is 4.79 Å². The lowest BCUT2D eigenvalue weighted by molar-refractivity contribution is -0.125. The molecule has 0 aromatic rings. The summed E-state index contributed by atoms with van der Waals surface area (Å²) in [4.78, 5) is 29.5. The molecule has 0 aromatic carbocycles. The van der Waals surface area contributed by atoms with Crippen LogP contribution in [-0.2, 0) is 23.7 Å². The van der Waals surface area contributed by atoms with E-state index in [2.05, 4.69) is 50.9 Å². The van der Waals surface area contributed by atoms with Gasteiger partial charge in [-0.25, -0.2) is 4.79 Å². The molecule has 3 aliphatic heterocycles. The monoisotopic (exact) mass is 563 g/mol. The Morgan fingerprint density at radius 3 is 2.45 bits per heavy atom. The van der Waals surface area contributed by atoms with E-state index in [1.165, 1.54) is 5.57 Å². The maximum absolute atomic E-state index is 13.0. The number of carbonyl (C=O) groups excluding carboxylic acids is 2. The predicted molar refractivity (Wildman–Crippen MR) is 154 cm³/mol. The fourth-order valence-electron chi connectivity index (χ4n) is 6.92. The van der Waals surface area contributed by atoms with Crippen molar-refractivity contribution in [1.82, 2.24) is 15.1 Å². The van der Waals surface area contributed by atoms with Crippen LogP contribution in [0.4, 0.5) is 4.79 Å². The first-order chi connectivity index (χ1) is 19.2. The van der Waals surface area contributed by atoms with Gasteiger partial charge in [-0.15, -0.1) is 0 Å². The fourth-order valence-corrected chi connectivity index (χ4v) is 6.92. The van der Waals surface area contributed by atoms with Crippen LogP contribution in [0.3, 0.4) is 0 Å². The highest BCUT2D eigenvalue weighted by molar-refractivity contribution is 5.76. The van der Waals surface area contributed by atoms with Crippen LogP contribution < -0.4 is 5.32 Å². The number of hydrogen-bond donors (Lipinski definition) is 1. The van der Waals surface area contributed by atoms with Gasteiger partial charge >= 0.3 is 6.09 Å². The van der Waals surface area contributed by atoms with Gasteiger partial charge in [-0.2, -0.15) is 0 Å². The number of likely N-dealkylation sites (tertiary alicyclic amines) is 1. The van der Waals surface area contributed by atoms with Crippen molar-refractivity contribution in [1.29, 1.82) is 0 Å². The van der Waals surface area contributed by atoms with E-state index in [1.54, 1.807) is 12.0 Å². The molecule has 4 aliphatic rings. The van der Waals surface area contributed by atoms with E-state index < -0.39 is 0 Å². The molecule has 0 radical (unpaired) electrons. The van der Waals surface area contributed by atoms with E-state index in [9.17, 15) is 9.59 Å². The minimum Gasteiger partial charge on any atom is -0.443 e. The Hall–Kier alpha value is -1.68. The lowest BCUT2D eigenvalue weighted by Gasteiger charge is -2.44. The van der Waals surface area contributed by atoms with Crippen LogP contribution in [-0.4, -0.2) is 104 Å². The molecule has 3 saturated heterocycles. The molecule has 2 amide bonds. The average Bonchev–Trinajstić information content (AvgIpc) is 3.80. The van der Waals surface area contributed by atoms with Crippen LogP contribution in [0.15, 0.2) is 11.6 Å². The topological polar surface area (TPSA) is 96.2 Å². The van der Waals surface area contributed by atoms with Crippen molar-refractivity contribution >= 4 is 12.0 Å². The van der Waals surface area contributed by atoms with Gasteiger partial charge in [0.15, 0.2) is 0 Å². The van der Waals surface area contributed by atoms with Crippen molar-refractivity contribution in [2.75, 3.05) is 53.0 Å². The summed E-state index contributed by atoms with van der Waals surface area (Å²) in [6, 6.07) is 0. The Morgan fingerprint density at radius 1 is 1.15 bits per heavy atom. The summed E-state index contributed by atoms with van der Waals surface area (Å²) in [5, 5.41) is 3.06. The minimum atomic E-state index is -0.346. The summed E-state index contributed by atoms with van der Waals surface area (Å²) < 4.78 is 24.3. The van der Waals surface area contributed by atoms with Crippen LogP contribution in [0.5, 0.6) is 0 Å². The zero-order chi connectivity index (χ0) is 28.9. The number of epoxide rings is 2. The Labute approximate surface area is 241 Å². The Kier molecular flexibility index (Phi) is 10.6. The van der Waals surface area contributed by atoms with E-state index in [0.29, 0.717) is 38.6 Å². The molecule has 1 spiro atoms. The third-order valence-electron chi connectivity index (χ3n) is 9.31. The summed E-state index contributed by atoms with van der Waals surface area (Å²) in [6.45, 7) is 16.5. The van der Waals surface area contributed by atoms with Crippen LogP contribution in [0.1, 0.15) is 79.6 Å². The number of amides is 2. The van der Waals surface area contributed by atoms with Gasteiger partial charge in [-0.1, -0.05) is 25.5 Å². The maximum atomic E-state index is 13.0. The molecule has 4 rings (SSSR count). The molecule has 1 N–H and O–H groups in total. The Bertz CT molecular complexity index is 892. The van der Waals surface area contributed by atoms with Crippen molar-refractivity contribution in [2.24, 2.45) is 11.8 Å². The SMILES string of the molecule is CCCN(CCC)CCNC(=O)CCC1CN(C(=O)O[C@@H]2CC[C@]3(CO3)[C@@H]([C@@]3(C)O[C@@H]3CC=C(C)C)[C@@H]2OC)C1. The number of allylic oxidation sites excluding steroid dienone is 1. The van der Waals surface area contributed by atoms with E-state index in [4.69, 9.17) is 18.9 Å². The largest absolute Gasteiger partial charge is 0.443 e. The van der Waals surface area contributed by atoms with Crippen LogP contribution in [0.25, 0.3) is 0 Å². The molecular formula is C31H53N3O6. The van der Waals surface area contributed by atoms with Gasteiger partial charge in [-0.05, 0) is 78.3 Å². The molecule has 6 atom stereocenters. The number of hydrogen-bond acceptors (Lipinski definition) is 7. The minimum absolute atomic E-state index is 0.0192. The molecule has 0 aromatic heterocycles. The van der Waals surface area contributed by atoms with Crippen LogP contribution in [0.2, 0.25) is 0 Å². The van der Waals surface area contributed by atoms with Crippen molar-refractivity contribution in [3.63, 3.8) is 0 Å². The summed E-state index contributed by atoms with van der Waals surface area (Å²) in [5.41, 5.74) is 0.703. The van der Waals surface area contributed by atoms with Gasteiger partial charge in [0.2, 0.25) is 5.91 Å². The molecule has 9 heteroatoms. The Balaban J connectivity index is 1.19. The standard InChI is InChI=1S/C31H53N3O6/c1-7-16-33(17-8-2)18-15-32-26(35)12-10-23-19-34(20-23)29(36)39-24-13-14-31(21-38-31)28(27(24)37-6)30(5)25(40-30)11-9-22(3)4/h9,23-25,27-28H,7-8,10-21H2,1-6H3,(H,32,35)/t24-,25-,27-,28-,30+,31+/m1/s1. The number of nitrogens with one attached hydrogen (secondary N) is 1. The van der Waals surface area contributed by atoms with E-state index >= 15 is 0 Å². The lowest BCUT2D eigenvalue weighted by Crippen LogP contribution is -2.57. The third kappa shape index (κ3) is 7.39. The van der Waals surface area contributed by atoms with Crippen molar-refractivity contribution in [2.45, 2.75) is 109 Å². The molecule has 228 valence electrons. The van der Waals surface area contributed by atoms with Crippen LogP contribution >= 0.6 is 0 Å². The molecule has 3 heterocycles. The van der Waals surface area contributed by atoms with E-state index in [0.717, 1.165) is 58.2 Å². The average molecular weight is 564 g/mol. The first-order valence-electron chi connectivity index (χ1n) is 15.6. The molecule has 9 nitrogen and oxygen atoms in total. The van der Waals surface area contributed by atoms with Gasteiger partial charge in [0.1, 0.15) is 23.4 Å². The maximum Gasteiger partial charge on any atom is 0.410 e. The van der Waals surface area contributed by atoms with Gasteiger partial charge in [0, 0.05) is 39.7 Å². The zero-order valence-electron chi connectivity index (χ0n) is 25.7. The summed E-state index contributed by atoms with van der Waals surface area (Å²) in [5.74, 6) is 0.455. The smallest absolute Gasteiger partial charge is 0.410 e. The molecule has 1 aliphatic carbocycles. The van der Waals surface area contributed by atoms with Crippen LogP contribution in [0, 0.1) is 11.8 Å². The second-order valence-electron chi connectivity index (χ2n) is 12.8. The highest BCUT2D eigenvalue weighted by Gasteiger charge is 2.72. The molecule has 40 heavy (non-hydrogen) atoms. The molecule has 0 bridgehead atoms. The summed E-state index contributed by atoms with van der Waals surface area (Å²) in [6.07, 6.45) is 7.45. The number of ether oxygens (including phenoxy) is 4. The first-order valence-corrected chi connectivity index (χ1v) is 15.6. The molecular weight excluding hydrogens is 510 g/mol. The zero-order valence-corrected chi connectivity index (χ0v) is 25.7. The molecule has 4 fully saturated rings. The van der Waals surface area contributed by atoms with Gasteiger partial charge in [0.05, 0.1) is 18.6 Å². The van der Waals surface area contributed by atoms with E-state index in [1.807, 2.05) is 0 Å². The number of methoxy groups -OCH3 is 1. The normalized spacial score (nSPS) is 33.0. The van der Waals surface area contributed by atoms with Gasteiger partial charge < -0.3 is 34.1 Å². The van der Waals surface area contributed by atoms with Crippen molar-refractivity contribution < 1.29 is 28.5 Å². The molecule has 1 saturated carbocycles. The quantitative estimate of drug-likeness (QED) is 0.236. The summed E-state index contributed by atoms with van der Waals surface area (Å²) in [7, 11) is 1.70. The fraction of sp³-hybridized carbons (Fsp3) is 0.871. The first kappa shape index (κ1) is 31.3. The highest BCUT2D eigenvalue weighted by atomic mass is 16.6. The van der Waals surface area contributed by atoms with Crippen molar-refractivity contribution in [3.05, 3.63) is 11.6 Å². The number of nitrogens with zero attached hydrogens (tertiary/aromatic N) is 2. The van der Waals surface area contributed by atoms with Gasteiger partial charge in [0.25, 0.3) is 0 Å². The number of rotatable bonds is 15. The second-order valence-corrected chi connectivity index (χ2v) is 12.8. The third-order valence-corrected chi connectivity index (χ3v) is 9.31. The lowest BCUT2D eigenvalue weighted by atomic mass is 9.68. The second kappa shape index (κ2) is 13.5. The van der Waals surface area contributed by atoms with E-state index in [-0.39, 0.29) is 47.4 Å². The van der Waals surface area contributed by atoms with Crippen molar-refractivity contribution in [3.8, 4) is 0 Å². The number of carbonyl (C=O) groups is 2. The summed E-state index contributed by atoms with van der Waals surface area (Å²) >= 11 is 0. The molecule has 0 unspecified atom stereocenters. The highest BCUT2D eigenvalue weighted by Crippen LogP contribution is 2.59. The predicted octanol–water partition coefficient (Wildman–Crippen LogP) is 4.15.